The van der Waals surface area contributed by atoms with Crippen molar-refractivity contribution >= 4 is 0 Å². The van der Waals surface area contributed by atoms with Gasteiger partial charge >= 0.3 is 58.2 Å². The summed E-state index contributed by atoms with van der Waals surface area (Å²) in [4.78, 5) is 0. The van der Waals surface area contributed by atoms with Gasteiger partial charge in [-0.15, -0.1) is 5.75 Å². The Morgan fingerprint density at radius 3 is 2.30 bits per heavy atom. The first kappa shape index (κ1) is 10.8. The van der Waals surface area contributed by atoms with E-state index in [1.807, 2.05) is 19.1 Å². The van der Waals surface area contributed by atoms with Crippen molar-refractivity contribution in [2.24, 2.45) is 0 Å². The van der Waals surface area contributed by atoms with Crippen molar-refractivity contribution in [3.63, 3.8) is 0 Å². The van der Waals surface area contributed by atoms with Crippen LogP contribution < -0.4 is 63.3 Å². The van der Waals surface area contributed by atoms with Crippen LogP contribution in [0, 0.1) is 0 Å². The van der Waals surface area contributed by atoms with E-state index < -0.39 is 0 Å². The molecule has 10 heavy (non-hydrogen) atoms. The Labute approximate surface area is 110 Å². The number of para-hydroxylation sites is 1. The van der Waals surface area contributed by atoms with E-state index in [4.69, 9.17) is 0 Å². The quantitative estimate of drug-likeness (QED) is 0.539. The monoisotopic (exact) mass is 206 g/mol. The normalized spacial score (nSPS) is 8.50. The number of aryl methyl sites for hydroxylation is 1. The summed E-state index contributed by atoms with van der Waals surface area (Å²) in [6, 6.07) is 7.11. The SMILES string of the molecule is CCc1ccccc1[O-].[Rb+]. The molecule has 0 amide bonds. The summed E-state index contributed by atoms with van der Waals surface area (Å²) in [6.07, 6.45) is 0.833. The average molecular weight is 207 g/mol. The van der Waals surface area contributed by atoms with Gasteiger partial charge in [-0.1, -0.05) is 36.8 Å². The third kappa shape index (κ3) is 2.83. The van der Waals surface area contributed by atoms with Gasteiger partial charge in [0.15, 0.2) is 0 Å². The van der Waals surface area contributed by atoms with Crippen LogP contribution in [0.3, 0.4) is 0 Å². The Kier molecular flexibility index (Phi) is 5.92. The van der Waals surface area contributed by atoms with Crippen molar-refractivity contribution in [3.05, 3.63) is 29.8 Å². The van der Waals surface area contributed by atoms with Crippen LogP contribution in [0.5, 0.6) is 5.75 Å². The molecule has 0 aliphatic carbocycles. The van der Waals surface area contributed by atoms with Gasteiger partial charge in [-0.2, -0.15) is 0 Å². The summed E-state index contributed by atoms with van der Waals surface area (Å²) in [5, 5.41) is 10.9. The molecule has 0 spiro atoms. The molecule has 0 aromatic heterocycles. The third-order valence-electron chi connectivity index (χ3n) is 1.35. The van der Waals surface area contributed by atoms with E-state index >= 15 is 0 Å². The summed E-state index contributed by atoms with van der Waals surface area (Å²) >= 11 is 0. The molecule has 0 N–H and O–H groups in total. The van der Waals surface area contributed by atoms with E-state index in [9.17, 15) is 5.11 Å². The van der Waals surface area contributed by atoms with E-state index in [0.29, 0.717) is 0 Å². The van der Waals surface area contributed by atoms with Crippen LogP contribution in [0.2, 0.25) is 0 Å². The minimum Gasteiger partial charge on any atom is -0.872 e. The average Bonchev–Trinajstić information content (AvgIpc) is 1.89. The number of hydrogen-bond acceptors (Lipinski definition) is 1. The molecule has 1 aromatic rings. The van der Waals surface area contributed by atoms with Gasteiger partial charge in [0.25, 0.3) is 0 Å². The largest absolute Gasteiger partial charge is 1.00 e. The van der Waals surface area contributed by atoms with Crippen molar-refractivity contribution in [1.82, 2.24) is 0 Å². The second-order valence-electron chi connectivity index (χ2n) is 1.96. The molecule has 0 atom stereocenters. The Morgan fingerprint density at radius 1 is 1.30 bits per heavy atom. The molecule has 0 fully saturated rings. The van der Waals surface area contributed by atoms with Crippen LogP contribution >= 0.6 is 0 Å². The molecule has 0 saturated carbocycles. The number of rotatable bonds is 1. The molecule has 0 saturated heterocycles. The molecule has 0 radical (unpaired) electrons. The van der Waals surface area contributed by atoms with E-state index in [2.05, 4.69) is 0 Å². The summed E-state index contributed by atoms with van der Waals surface area (Å²) in [5.74, 6) is 0.153. The summed E-state index contributed by atoms with van der Waals surface area (Å²) in [7, 11) is 0. The smallest absolute Gasteiger partial charge is 0.872 e. The molecule has 0 aliphatic rings. The molecular formula is C8H9ORb. The Bertz CT molecular complexity index is 198. The Balaban J connectivity index is 0.000000810. The molecule has 0 heterocycles. The van der Waals surface area contributed by atoms with Gasteiger partial charge in [0, 0.05) is 0 Å². The zero-order chi connectivity index (χ0) is 6.69. The van der Waals surface area contributed by atoms with Gasteiger partial charge in [0.2, 0.25) is 0 Å². The van der Waals surface area contributed by atoms with Crippen molar-refractivity contribution in [2.45, 2.75) is 13.3 Å². The van der Waals surface area contributed by atoms with Crippen molar-refractivity contribution < 1.29 is 63.3 Å². The first-order chi connectivity index (χ1) is 4.34. The molecule has 2 heteroatoms. The zero-order valence-electron chi connectivity index (χ0n) is 6.42. The van der Waals surface area contributed by atoms with Gasteiger partial charge in [0.05, 0.1) is 0 Å². The van der Waals surface area contributed by atoms with E-state index in [0.717, 1.165) is 12.0 Å². The van der Waals surface area contributed by atoms with Crippen LogP contribution in [0.25, 0.3) is 0 Å². The molecule has 1 nitrogen and oxygen atoms in total. The Hall–Kier alpha value is 0.825. The first-order valence-electron chi connectivity index (χ1n) is 3.09. The first-order valence-corrected chi connectivity index (χ1v) is 3.09. The van der Waals surface area contributed by atoms with Crippen LogP contribution in [-0.2, 0) is 6.42 Å². The van der Waals surface area contributed by atoms with E-state index in [1.54, 1.807) is 12.1 Å². The predicted molar refractivity (Wildman–Crippen MR) is 35.3 cm³/mol. The number of benzene rings is 1. The summed E-state index contributed by atoms with van der Waals surface area (Å²) in [6.45, 7) is 1.98. The van der Waals surface area contributed by atoms with Crippen molar-refractivity contribution in [2.75, 3.05) is 0 Å². The maximum absolute atomic E-state index is 10.9. The van der Waals surface area contributed by atoms with Gasteiger partial charge < -0.3 is 5.11 Å². The minimum atomic E-state index is 0. The topological polar surface area (TPSA) is 23.1 Å². The molecule has 48 valence electrons. The maximum atomic E-state index is 10.9. The van der Waals surface area contributed by atoms with Gasteiger partial charge in [-0.05, 0) is 6.42 Å². The fraction of sp³-hybridized carbons (Fsp3) is 0.250. The predicted octanol–water partition coefficient (Wildman–Crippen LogP) is -1.67. The molecule has 1 rings (SSSR count). The third-order valence-corrected chi connectivity index (χ3v) is 1.35. The molecule has 0 bridgehead atoms. The van der Waals surface area contributed by atoms with Crippen LogP contribution in [0.1, 0.15) is 12.5 Å². The van der Waals surface area contributed by atoms with Crippen molar-refractivity contribution in [3.8, 4) is 5.75 Å². The van der Waals surface area contributed by atoms with E-state index in [1.165, 1.54) is 0 Å². The summed E-state index contributed by atoms with van der Waals surface area (Å²) < 4.78 is 0. The fourth-order valence-electron chi connectivity index (χ4n) is 0.796. The Morgan fingerprint density at radius 2 is 1.90 bits per heavy atom. The molecule has 0 unspecified atom stereocenters. The second kappa shape index (κ2) is 5.47. The summed E-state index contributed by atoms with van der Waals surface area (Å²) in [5.41, 5.74) is 0.900. The number of hydrogen-bond donors (Lipinski definition) is 0. The van der Waals surface area contributed by atoms with Crippen LogP contribution in [0.4, 0.5) is 0 Å². The molecule has 1 aromatic carbocycles. The van der Waals surface area contributed by atoms with E-state index in [-0.39, 0.29) is 63.9 Å². The fourth-order valence-corrected chi connectivity index (χ4v) is 0.796. The second-order valence-corrected chi connectivity index (χ2v) is 1.96. The maximum Gasteiger partial charge on any atom is 1.00 e. The molecule has 0 aliphatic heterocycles. The zero-order valence-corrected chi connectivity index (χ0v) is 11.3. The molecular weight excluding hydrogens is 198 g/mol. The minimum absolute atomic E-state index is 0. The van der Waals surface area contributed by atoms with Crippen molar-refractivity contribution in [1.29, 1.82) is 0 Å². The standard InChI is InChI=1S/C8H10O.Rb/c1-2-7-5-3-4-6-8(7)9;/h3-6,9H,2H2,1H3;/q;+1/p-1. The van der Waals surface area contributed by atoms with Gasteiger partial charge in [0.1, 0.15) is 0 Å². The van der Waals surface area contributed by atoms with Gasteiger partial charge in [-0.25, -0.2) is 0 Å². The van der Waals surface area contributed by atoms with Crippen LogP contribution in [0.15, 0.2) is 24.3 Å². The van der Waals surface area contributed by atoms with Gasteiger partial charge in [-0.3, -0.25) is 0 Å². The van der Waals surface area contributed by atoms with Crippen LogP contribution in [-0.4, -0.2) is 0 Å².